The number of nitrogens with two attached hydrogens (primary N) is 1. The number of nitrogens with one attached hydrogen (secondary N) is 1. The first-order chi connectivity index (χ1) is 12.1. The number of rotatable bonds is 6. The molecule has 26 heavy (non-hydrogen) atoms. The average molecular weight is 377 g/mol. The van der Waals surface area contributed by atoms with E-state index in [9.17, 15) is 4.79 Å². The molecular weight excluding hydrogens is 356 g/mol. The first kappa shape index (κ1) is 19.7. The van der Waals surface area contributed by atoms with Crippen molar-refractivity contribution in [1.29, 1.82) is 0 Å². The molecule has 2 aromatic heterocycles. The minimum absolute atomic E-state index is 0. The molecule has 1 aromatic carbocycles. The van der Waals surface area contributed by atoms with E-state index in [1.807, 2.05) is 38.1 Å². The molecule has 8 heteroatoms. The topological polar surface area (TPSA) is 107 Å². The maximum atomic E-state index is 12.2. The number of nitrogens with zero attached hydrogens (tertiary/aromatic N) is 2. The minimum atomic E-state index is -0.415. The molecule has 0 saturated heterocycles. The van der Waals surface area contributed by atoms with Crippen LogP contribution in [0.1, 0.15) is 41.9 Å². The van der Waals surface area contributed by atoms with E-state index in [0.29, 0.717) is 18.3 Å². The highest BCUT2D eigenvalue weighted by molar-refractivity contribution is 5.91. The van der Waals surface area contributed by atoms with E-state index in [0.717, 1.165) is 11.1 Å². The number of hydrogen-bond acceptors (Lipinski definition) is 6. The third-order valence-electron chi connectivity index (χ3n) is 3.85. The van der Waals surface area contributed by atoms with Crippen LogP contribution in [0.3, 0.4) is 0 Å². The van der Waals surface area contributed by atoms with Gasteiger partial charge in [0.15, 0.2) is 5.76 Å². The van der Waals surface area contributed by atoms with Gasteiger partial charge in [0.05, 0.1) is 6.26 Å². The van der Waals surface area contributed by atoms with Gasteiger partial charge < -0.3 is 20.0 Å². The van der Waals surface area contributed by atoms with Crippen molar-refractivity contribution in [3.05, 3.63) is 59.9 Å². The summed E-state index contributed by atoms with van der Waals surface area (Å²) in [6.45, 7) is 4.41. The zero-order valence-corrected chi connectivity index (χ0v) is 15.3. The second-order valence-electron chi connectivity index (χ2n) is 6.03. The Bertz CT molecular complexity index is 829. The van der Waals surface area contributed by atoms with Crippen molar-refractivity contribution in [2.45, 2.75) is 26.4 Å². The zero-order valence-electron chi connectivity index (χ0n) is 14.5. The van der Waals surface area contributed by atoms with Crippen LogP contribution in [-0.4, -0.2) is 16.0 Å². The van der Waals surface area contributed by atoms with Gasteiger partial charge in [0.25, 0.3) is 5.91 Å². The largest absolute Gasteiger partial charge is 0.459 e. The van der Waals surface area contributed by atoms with Crippen molar-refractivity contribution in [2.24, 2.45) is 11.7 Å². The summed E-state index contributed by atoms with van der Waals surface area (Å²) < 4.78 is 10.5. The molecule has 1 atom stereocenters. The number of carbonyl (C=O) groups is 1. The van der Waals surface area contributed by atoms with Crippen molar-refractivity contribution >= 4 is 18.3 Å². The van der Waals surface area contributed by atoms with Gasteiger partial charge in [-0.3, -0.25) is 4.79 Å². The summed E-state index contributed by atoms with van der Waals surface area (Å²) in [5.74, 6) is 0.801. The highest BCUT2D eigenvalue weighted by atomic mass is 35.5. The van der Waals surface area contributed by atoms with Crippen molar-refractivity contribution in [3.63, 3.8) is 0 Å². The maximum Gasteiger partial charge on any atom is 0.287 e. The molecule has 0 aliphatic rings. The van der Waals surface area contributed by atoms with Crippen LogP contribution in [0.5, 0.6) is 0 Å². The molecule has 0 bridgehead atoms. The van der Waals surface area contributed by atoms with Crippen molar-refractivity contribution in [3.8, 4) is 11.4 Å². The Morgan fingerprint density at radius 3 is 2.54 bits per heavy atom. The zero-order chi connectivity index (χ0) is 17.8. The average Bonchev–Trinajstić information content (AvgIpc) is 3.31. The van der Waals surface area contributed by atoms with Crippen molar-refractivity contribution < 1.29 is 13.7 Å². The first-order valence-electron chi connectivity index (χ1n) is 8.06. The highest BCUT2D eigenvalue weighted by Gasteiger charge is 2.26. The molecule has 0 fully saturated rings. The Kier molecular flexibility index (Phi) is 6.54. The second-order valence-corrected chi connectivity index (χ2v) is 6.03. The van der Waals surface area contributed by atoms with E-state index in [-0.39, 0.29) is 30.0 Å². The van der Waals surface area contributed by atoms with Gasteiger partial charge in [-0.1, -0.05) is 43.3 Å². The summed E-state index contributed by atoms with van der Waals surface area (Å²) in [5.41, 5.74) is 7.46. The fourth-order valence-electron chi connectivity index (χ4n) is 2.40. The number of hydrogen-bond donors (Lipinski definition) is 2. The van der Waals surface area contributed by atoms with Crippen molar-refractivity contribution in [2.75, 3.05) is 0 Å². The Hall–Kier alpha value is -2.64. The third-order valence-corrected chi connectivity index (χ3v) is 3.85. The van der Waals surface area contributed by atoms with E-state index in [1.165, 1.54) is 6.26 Å². The molecule has 1 unspecified atom stereocenters. The van der Waals surface area contributed by atoms with Crippen LogP contribution < -0.4 is 11.1 Å². The lowest BCUT2D eigenvalue weighted by Crippen LogP contribution is -2.31. The molecule has 3 N–H and O–H groups in total. The van der Waals surface area contributed by atoms with Crippen LogP contribution in [0.2, 0.25) is 0 Å². The fraction of sp³-hybridized carbons (Fsp3) is 0.278. The molecule has 0 spiro atoms. The predicted octanol–water partition coefficient (Wildman–Crippen LogP) is 3.34. The quantitative estimate of drug-likeness (QED) is 0.683. The van der Waals surface area contributed by atoms with Gasteiger partial charge in [0.2, 0.25) is 11.7 Å². The fourth-order valence-corrected chi connectivity index (χ4v) is 2.40. The SMILES string of the molecule is CC(C)C(NC(=O)c1ccco1)c1nc(-c2ccc(CN)cc2)no1.Cl. The number of furan rings is 1. The van der Waals surface area contributed by atoms with Gasteiger partial charge in [-0.15, -0.1) is 12.4 Å². The summed E-state index contributed by atoms with van der Waals surface area (Å²) in [4.78, 5) is 16.7. The third kappa shape index (κ3) is 4.30. The molecule has 1 amide bonds. The van der Waals surface area contributed by atoms with Gasteiger partial charge in [0.1, 0.15) is 6.04 Å². The smallest absolute Gasteiger partial charge is 0.287 e. The molecule has 0 aliphatic carbocycles. The van der Waals surface area contributed by atoms with Crippen molar-refractivity contribution in [1.82, 2.24) is 15.5 Å². The monoisotopic (exact) mass is 376 g/mol. The molecule has 0 saturated carbocycles. The van der Waals surface area contributed by atoms with Gasteiger partial charge in [-0.2, -0.15) is 4.98 Å². The minimum Gasteiger partial charge on any atom is -0.459 e. The molecule has 7 nitrogen and oxygen atoms in total. The van der Waals surface area contributed by atoms with Crippen LogP contribution in [0.4, 0.5) is 0 Å². The Morgan fingerprint density at radius 2 is 1.96 bits per heavy atom. The van der Waals surface area contributed by atoms with E-state index >= 15 is 0 Å². The molecule has 0 radical (unpaired) electrons. The van der Waals surface area contributed by atoms with E-state index in [2.05, 4.69) is 15.5 Å². The van der Waals surface area contributed by atoms with Gasteiger partial charge in [-0.05, 0) is 23.6 Å². The molecule has 2 heterocycles. The summed E-state index contributed by atoms with van der Waals surface area (Å²) in [5, 5.41) is 6.90. The second kappa shape index (κ2) is 8.64. The lowest BCUT2D eigenvalue weighted by Gasteiger charge is -2.17. The molecule has 0 aliphatic heterocycles. The molecule has 3 rings (SSSR count). The van der Waals surface area contributed by atoms with E-state index in [1.54, 1.807) is 12.1 Å². The Morgan fingerprint density at radius 1 is 1.23 bits per heavy atom. The van der Waals surface area contributed by atoms with Gasteiger partial charge in [0, 0.05) is 12.1 Å². The number of halogens is 1. The van der Waals surface area contributed by atoms with Crippen LogP contribution in [0.15, 0.2) is 51.6 Å². The number of aromatic nitrogens is 2. The Balaban J connectivity index is 0.00000243. The number of carbonyl (C=O) groups excluding carboxylic acids is 1. The Labute approximate surface area is 157 Å². The molecule has 138 valence electrons. The predicted molar refractivity (Wildman–Crippen MR) is 98.6 cm³/mol. The summed E-state index contributed by atoms with van der Waals surface area (Å²) >= 11 is 0. The molecule has 3 aromatic rings. The van der Waals surface area contributed by atoms with E-state index < -0.39 is 6.04 Å². The lowest BCUT2D eigenvalue weighted by atomic mass is 10.0. The lowest BCUT2D eigenvalue weighted by molar-refractivity contribution is 0.0885. The summed E-state index contributed by atoms with van der Waals surface area (Å²) in [6, 6.07) is 10.5. The number of benzene rings is 1. The van der Waals surface area contributed by atoms with Crippen LogP contribution in [0, 0.1) is 5.92 Å². The van der Waals surface area contributed by atoms with Gasteiger partial charge >= 0.3 is 0 Å². The molecular formula is C18H21ClN4O3. The highest BCUT2D eigenvalue weighted by Crippen LogP contribution is 2.24. The summed E-state index contributed by atoms with van der Waals surface area (Å²) in [7, 11) is 0. The van der Waals surface area contributed by atoms with Crippen LogP contribution in [0.25, 0.3) is 11.4 Å². The number of amides is 1. The normalized spacial score (nSPS) is 11.8. The van der Waals surface area contributed by atoms with Gasteiger partial charge in [-0.25, -0.2) is 0 Å². The maximum absolute atomic E-state index is 12.2. The first-order valence-corrected chi connectivity index (χ1v) is 8.06. The van der Waals surface area contributed by atoms with Crippen LogP contribution >= 0.6 is 12.4 Å². The summed E-state index contributed by atoms with van der Waals surface area (Å²) in [6.07, 6.45) is 1.45. The van der Waals surface area contributed by atoms with Crippen LogP contribution in [-0.2, 0) is 6.54 Å². The standard InChI is InChI=1S/C18H20N4O3.ClH/c1-11(2)15(20-17(23)14-4-3-9-24-14)18-21-16(22-25-18)13-7-5-12(10-19)6-8-13;/h3-9,11,15H,10,19H2,1-2H3,(H,20,23);1H. The van der Waals surface area contributed by atoms with E-state index in [4.69, 9.17) is 14.7 Å².